The van der Waals surface area contributed by atoms with E-state index in [1.54, 1.807) is 6.20 Å². The number of nitrogens with zero attached hydrogens (tertiary/aromatic N) is 2. The van der Waals surface area contributed by atoms with Crippen molar-refractivity contribution in [3.05, 3.63) is 66.0 Å². The second-order valence-electron chi connectivity index (χ2n) is 8.67. The van der Waals surface area contributed by atoms with Crippen molar-refractivity contribution < 1.29 is 4.79 Å². The number of pyridine rings is 1. The van der Waals surface area contributed by atoms with Gasteiger partial charge in [-0.15, -0.1) is 0 Å². The second kappa shape index (κ2) is 6.45. The molecular formula is C23H27N3O. The maximum Gasteiger partial charge on any atom is 0.273 e. The highest BCUT2D eigenvalue weighted by atomic mass is 16.2. The van der Waals surface area contributed by atoms with E-state index < -0.39 is 0 Å². The van der Waals surface area contributed by atoms with Crippen LogP contribution in [-0.2, 0) is 6.42 Å². The van der Waals surface area contributed by atoms with Gasteiger partial charge in [-0.2, -0.15) is 0 Å². The first-order chi connectivity index (χ1) is 13.2. The van der Waals surface area contributed by atoms with Gasteiger partial charge in [0.05, 0.1) is 0 Å². The molecule has 1 saturated carbocycles. The van der Waals surface area contributed by atoms with E-state index in [4.69, 9.17) is 0 Å². The van der Waals surface area contributed by atoms with E-state index in [0.717, 1.165) is 19.3 Å². The van der Waals surface area contributed by atoms with Gasteiger partial charge in [-0.1, -0.05) is 43.3 Å². The highest BCUT2D eigenvalue weighted by Crippen LogP contribution is 2.53. The highest BCUT2D eigenvalue weighted by molar-refractivity contribution is 5.93. The molecule has 1 N–H and O–H groups in total. The Hall–Kier alpha value is -2.20. The molecule has 2 aromatic rings. The highest BCUT2D eigenvalue weighted by Gasteiger charge is 2.61. The molecule has 0 spiro atoms. The summed E-state index contributed by atoms with van der Waals surface area (Å²) in [5.41, 5.74) is 2.10. The minimum atomic E-state index is 0.108. The number of hydrogen-bond donors (Lipinski definition) is 1. The number of piperidine rings is 1. The zero-order valence-corrected chi connectivity index (χ0v) is 15.8. The van der Waals surface area contributed by atoms with Crippen molar-refractivity contribution in [3.8, 4) is 0 Å². The van der Waals surface area contributed by atoms with Crippen molar-refractivity contribution in [2.45, 2.75) is 63.2 Å². The largest absolute Gasteiger partial charge is 0.329 e. The van der Waals surface area contributed by atoms with Gasteiger partial charge in [-0.3, -0.25) is 9.78 Å². The summed E-state index contributed by atoms with van der Waals surface area (Å²) in [6.45, 7) is 2.39. The van der Waals surface area contributed by atoms with Gasteiger partial charge in [-0.05, 0) is 49.8 Å². The first-order valence-corrected chi connectivity index (χ1v) is 10.2. The quantitative estimate of drug-likeness (QED) is 0.911. The number of carbonyl (C=O) groups is 1. The third-order valence-corrected chi connectivity index (χ3v) is 7.17. The Morgan fingerprint density at radius 3 is 2.78 bits per heavy atom. The van der Waals surface area contributed by atoms with Crippen LogP contribution < -0.4 is 5.32 Å². The van der Waals surface area contributed by atoms with Gasteiger partial charge in [0.1, 0.15) is 5.69 Å². The first-order valence-electron chi connectivity index (χ1n) is 10.2. The molecule has 1 aromatic carbocycles. The van der Waals surface area contributed by atoms with Crippen molar-refractivity contribution in [2.75, 3.05) is 0 Å². The summed E-state index contributed by atoms with van der Waals surface area (Å²) >= 11 is 0. The van der Waals surface area contributed by atoms with Gasteiger partial charge in [0.2, 0.25) is 0 Å². The molecule has 1 aliphatic carbocycles. The number of carbonyl (C=O) groups excluding carboxylic acids is 1. The molecule has 2 bridgehead atoms. The molecule has 0 radical (unpaired) electrons. The van der Waals surface area contributed by atoms with Crippen molar-refractivity contribution in [1.29, 1.82) is 0 Å². The number of fused-ring (bicyclic) bond motifs is 1. The summed E-state index contributed by atoms with van der Waals surface area (Å²) in [5, 5.41) is 3.96. The van der Waals surface area contributed by atoms with E-state index in [-0.39, 0.29) is 17.4 Å². The van der Waals surface area contributed by atoms with E-state index in [9.17, 15) is 4.79 Å². The molecule has 2 saturated heterocycles. The summed E-state index contributed by atoms with van der Waals surface area (Å²) in [6, 6.07) is 17.7. The van der Waals surface area contributed by atoms with Crippen molar-refractivity contribution in [3.63, 3.8) is 0 Å². The molecule has 3 fully saturated rings. The van der Waals surface area contributed by atoms with Gasteiger partial charge in [-0.25, -0.2) is 0 Å². The number of benzene rings is 1. The number of amides is 1. The summed E-state index contributed by atoms with van der Waals surface area (Å²) in [5.74, 6) is 0.108. The number of rotatable bonds is 3. The predicted molar refractivity (Wildman–Crippen MR) is 105 cm³/mol. The number of nitrogens with one attached hydrogen (secondary N) is 1. The Morgan fingerprint density at radius 1 is 1.19 bits per heavy atom. The maximum atomic E-state index is 13.5. The van der Waals surface area contributed by atoms with Crippen LogP contribution in [-0.4, -0.2) is 40.0 Å². The Labute approximate surface area is 161 Å². The fourth-order valence-corrected chi connectivity index (χ4v) is 5.88. The van der Waals surface area contributed by atoms with Crippen LogP contribution in [0.2, 0.25) is 0 Å². The van der Waals surface area contributed by atoms with Crippen LogP contribution in [0.4, 0.5) is 0 Å². The zero-order chi connectivity index (χ0) is 18.4. The molecule has 2 aliphatic heterocycles. The normalized spacial score (nSPS) is 34.5. The van der Waals surface area contributed by atoms with Crippen molar-refractivity contribution >= 4 is 5.91 Å². The lowest BCUT2D eigenvalue weighted by Gasteiger charge is -2.46. The third kappa shape index (κ3) is 2.69. The van der Waals surface area contributed by atoms with Crippen molar-refractivity contribution in [1.82, 2.24) is 15.2 Å². The maximum absolute atomic E-state index is 13.5. The second-order valence-corrected chi connectivity index (χ2v) is 8.67. The Morgan fingerprint density at radius 2 is 2.00 bits per heavy atom. The molecule has 1 aromatic heterocycles. The molecule has 140 valence electrons. The SMILES string of the molecule is C[C@@]12C[C@H]3[C@@H](Cc4ccccc4)N[C@@H]1CCC[C@@H]2N3C(=O)c1ccccn1. The number of hydrogen-bond acceptors (Lipinski definition) is 3. The van der Waals surface area contributed by atoms with Crippen LogP contribution in [0, 0.1) is 5.41 Å². The average Bonchev–Trinajstić information content (AvgIpc) is 3.01. The molecule has 1 amide bonds. The molecule has 3 aliphatic rings. The van der Waals surface area contributed by atoms with E-state index >= 15 is 0 Å². The van der Waals surface area contributed by atoms with E-state index in [1.165, 1.54) is 18.4 Å². The lowest BCUT2D eigenvalue weighted by atomic mass is 9.65. The molecule has 4 heteroatoms. The molecule has 5 rings (SSSR count). The number of aromatic nitrogens is 1. The van der Waals surface area contributed by atoms with Crippen LogP contribution in [0.15, 0.2) is 54.7 Å². The smallest absolute Gasteiger partial charge is 0.273 e. The standard InChI is InChI=1S/C23H27N3O/c1-23-15-19-18(14-16-8-3-2-4-9-16)25-20(23)11-7-12-21(23)26(19)22(27)17-10-5-6-13-24-17/h2-6,8-10,13,18-21,25H,7,11-12,14-15H2,1H3/t18-,19+,20-,21+,23-/m1/s1. The Kier molecular flexibility index (Phi) is 4.05. The predicted octanol–water partition coefficient (Wildman–Crippen LogP) is 3.44. The monoisotopic (exact) mass is 361 g/mol. The molecule has 3 heterocycles. The van der Waals surface area contributed by atoms with Crippen LogP contribution in [0.1, 0.15) is 48.7 Å². The van der Waals surface area contributed by atoms with Crippen LogP contribution in [0.25, 0.3) is 0 Å². The summed E-state index contributed by atoms with van der Waals surface area (Å²) in [7, 11) is 0. The fraction of sp³-hybridized carbons (Fsp3) is 0.478. The van der Waals surface area contributed by atoms with E-state index in [2.05, 4.69) is 52.5 Å². The first kappa shape index (κ1) is 16.9. The van der Waals surface area contributed by atoms with Gasteiger partial charge in [0.15, 0.2) is 0 Å². The topological polar surface area (TPSA) is 45.2 Å². The van der Waals surface area contributed by atoms with Gasteiger partial charge in [0.25, 0.3) is 5.91 Å². The van der Waals surface area contributed by atoms with Gasteiger partial charge in [0, 0.05) is 35.8 Å². The Balaban J connectivity index is 1.51. The average molecular weight is 361 g/mol. The van der Waals surface area contributed by atoms with Gasteiger partial charge >= 0.3 is 0 Å². The molecule has 0 unspecified atom stereocenters. The van der Waals surface area contributed by atoms with Crippen molar-refractivity contribution in [2.24, 2.45) is 5.41 Å². The van der Waals surface area contributed by atoms with Crippen LogP contribution in [0.3, 0.4) is 0 Å². The summed E-state index contributed by atoms with van der Waals surface area (Å²) in [4.78, 5) is 20.0. The summed E-state index contributed by atoms with van der Waals surface area (Å²) < 4.78 is 0. The minimum absolute atomic E-state index is 0.108. The molecular weight excluding hydrogens is 334 g/mol. The lowest BCUT2D eigenvalue weighted by Crippen LogP contribution is -2.58. The van der Waals surface area contributed by atoms with Gasteiger partial charge < -0.3 is 10.2 Å². The third-order valence-electron chi connectivity index (χ3n) is 7.17. The lowest BCUT2D eigenvalue weighted by molar-refractivity contribution is 0.0553. The Bertz CT molecular complexity index is 824. The zero-order valence-electron chi connectivity index (χ0n) is 15.8. The van der Waals surface area contributed by atoms with E-state index in [0.29, 0.717) is 23.8 Å². The molecule has 27 heavy (non-hydrogen) atoms. The minimum Gasteiger partial charge on any atom is -0.329 e. The summed E-state index contributed by atoms with van der Waals surface area (Å²) in [6.07, 6.45) is 7.32. The molecule has 5 atom stereocenters. The number of likely N-dealkylation sites (tertiary alicyclic amines) is 1. The van der Waals surface area contributed by atoms with E-state index in [1.807, 2.05) is 18.2 Å². The fourth-order valence-electron chi connectivity index (χ4n) is 5.88. The molecule has 4 nitrogen and oxygen atoms in total. The van der Waals surface area contributed by atoms with Crippen LogP contribution >= 0.6 is 0 Å². The van der Waals surface area contributed by atoms with Crippen LogP contribution in [0.5, 0.6) is 0 Å².